The van der Waals surface area contributed by atoms with Gasteiger partial charge in [-0.3, -0.25) is 0 Å². The van der Waals surface area contributed by atoms with Gasteiger partial charge in [0.05, 0.1) is 13.2 Å². The molecule has 19 heavy (non-hydrogen) atoms. The molecular weight excluding hydrogens is 266 g/mol. The van der Waals surface area contributed by atoms with Crippen LogP contribution >= 0.6 is 11.6 Å². The summed E-state index contributed by atoms with van der Waals surface area (Å²) in [5.41, 5.74) is 0.891. The summed E-state index contributed by atoms with van der Waals surface area (Å²) in [6, 6.07) is 1.84. The molecule has 5 nitrogen and oxygen atoms in total. The Kier molecular flexibility index (Phi) is 8.25. The second-order valence-corrected chi connectivity index (χ2v) is 4.48. The summed E-state index contributed by atoms with van der Waals surface area (Å²) in [4.78, 5) is 8.61. The number of aryl methyl sites for hydroxylation is 1. The van der Waals surface area contributed by atoms with E-state index < -0.39 is 0 Å². The van der Waals surface area contributed by atoms with Crippen LogP contribution in [0.2, 0.25) is 0 Å². The Balaban J connectivity index is 2.34. The molecule has 6 heteroatoms. The highest BCUT2D eigenvalue weighted by Crippen LogP contribution is 2.12. The Morgan fingerprint density at radius 1 is 1.26 bits per heavy atom. The minimum atomic E-state index is 0.534. The van der Waals surface area contributed by atoms with Gasteiger partial charge in [0.15, 0.2) is 0 Å². The van der Waals surface area contributed by atoms with Gasteiger partial charge in [-0.05, 0) is 19.8 Å². The van der Waals surface area contributed by atoms with Gasteiger partial charge in [-0.2, -0.15) is 4.98 Å². The standard InChI is InChI=1S/C13H22ClN3O2/c1-3-7-19-12-10-11(2)16-13(17-12)15-6-4-8-18-9-5-14/h10H,3-9H2,1-2H3,(H,15,16,17). The lowest BCUT2D eigenvalue weighted by molar-refractivity contribution is 0.149. The number of halogens is 1. The van der Waals surface area contributed by atoms with Crippen molar-refractivity contribution in [2.24, 2.45) is 0 Å². The minimum Gasteiger partial charge on any atom is -0.478 e. The van der Waals surface area contributed by atoms with Crippen LogP contribution in [0.1, 0.15) is 25.5 Å². The normalized spacial score (nSPS) is 10.5. The van der Waals surface area contributed by atoms with Crippen molar-refractivity contribution in [2.45, 2.75) is 26.7 Å². The average molecular weight is 288 g/mol. The van der Waals surface area contributed by atoms with Gasteiger partial charge in [0.1, 0.15) is 0 Å². The molecule has 108 valence electrons. The molecule has 1 N–H and O–H groups in total. The molecule has 0 amide bonds. The topological polar surface area (TPSA) is 56.3 Å². The first-order valence-corrected chi connectivity index (χ1v) is 7.15. The van der Waals surface area contributed by atoms with Gasteiger partial charge in [0.25, 0.3) is 0 Å². The fraction of sp³-hybridized carbons (Fsp3) is 0.692. The number of anilines is 1. The Bertz CT molecular complexity index is 364. The maximum Gasteiger partial charge on any atom is 0.226 e. The molecule has 0 aliphatic rings. The molecule has 0 spiro atoms. The first kappa shape index (κ1) is 16.0. The smallest absolute Gasteiger partial charge is 0.226 e. The van der Waals surface area contributed by atoms with E-state index in [1.54, 1.807) is 0 Å². The Morgan fingerprint density at radius 3 is 2.84 bits per heavy atom. The zero-order valence-corrected chi connectivity index (χ0v) is 12.4. The molecule has 0 bridgehead atoms. The van der Waals surface area contributed by atoms with Crippen molar-refractivity contribution < 1.29 is 9.47 Å². The largest absolute Gasteiger partial charge is 0.478 e. The number of aromatic nitrogens is 2. The van der Waals surface area contributed by atoms with Crippen LogP contribution in [0.5, 0.6) is 5.88 Å². The second-order valence-electron chi connectivity index (χ2n) is 4.10. The van der Waals surface area contributed by atoms with Gasteiger partial charge in [-0.1, -0.05) is 6.92 Å². The number of rotatable bonds is 10. The monoisotopic (exact) mass is 287 g/mol. The van der Waals surface area contributed by atoms with Crippen molar-refractivity contribution in [1.82, 2.24) is 9.97 Å². The Hall–Kier alpha value is -1.07. The SMILES string of the molecule is CCCOc1cc(C)nc(NCCCOCCCl)n1. The molecule has 0 aliphatic carbocycles. The third-order valence-corrected chi connectivity index (χ3v) is 2.41. The summed E-state index contributed by atoms with van der Waals surface area (Å²) in [5, 5.41) is 3.16. The molecule has 0 fully saturated rings. The van der Waals surface area contributed by atoms with Crippen molar-refractivity contribution in [3.05, 3.63) is 11.8 Å². The highest BCUT2D eigenvalue weighted by molar-refractivity contribution is 6.17. The quantitative estimate of drug-likeness (QED) is 0.529. The lowest BCUT2D eigenvalue weighted by atomic mass is 10.4. The first-order valence-electron chi connectivity index (χ1n) is 6.62. The van der Waals surface area contributed by atoms with Crippen LogP contribution in [0.4, 0.5) is 5.95 Å². The summed E-state index contributed by atoms with van der Waals surface area (Å²) in [7, 11) is 0. The van der Waals surface area contributed by atoms with Crippen molar-refractivity contribution in [3.8, 4) is 5.88 Å². The number of nitrogens with zero attached hydrogens (tertiary/aromatic N) is 2. The van der Waals surface area contributed by atoms with Crippen LogP contribution < -0.4 is 10.1 Å². The van der Waals surface area contributed by atoms with Crippen LogP contribution in [0.25, 0.3) is 0 Å². The molecule has 1 aromatic heterocycles. The molecule has 0 atom stereocenters. The van der Waals surface area contributed by atoms with E-state index in [0.717, 1.165) is 25.1 Å². The van der Waals surface area contributed by atoms with Gasteiger partial charge in [0.2, 0.25) is 11.8 Å². The third-order valence-electron chi connectivity index (χ3n) is 2.25. The highest BCUT2D eigenvalue weighted by atomic mass is 35.5. The van der Waals surface area contributed by atoms with Gasteiger partial charge in [0, 0.05) is 30.8 Å². The van der Waals surface area contributed by atoms with E-state index in [2.05, 4.69) is 22.2 Å². The van der Waals surface area contributed by atoms with Gasteiger partial charge < -0.3 is 14.8 Å². The van der Waals surface area contributed by atoms with Crippen LogP contribution in [0, 0.1) is 6.92 Å². The predicted molar refractivity (Wildman–Crippen MR) is 77.2 cm³/mol. The zero-order valence-electron chi connectivity index (χ0n) is 11.6. The first-order chi connectivity index (χ1) is 9.26. The fourth-order valence-corrected chi connectivity index (χ4v) is 1.54. The van der Waals surface area contributed by atoms with E-state index in [9.17, 15) is 0 Å². The molecule has 0 saturated heterocycles. The number of nitrogens with one attached hydrogen (secondary N) is 1. The van der Waals surface area contributed by atoms with E-state index in [4.69, 9.17) is 21.1 Å². The average Bonchev–Trinajstić information content (AvgIpc) is 2.40. The molecule has 0 aliphatic heterocycles. The summed E-state index contributed by atoms with van der Waals surface area (Å²) < 4.78 is 10.8. The molecule has 0 aromatic carbocycles. The number of alkyl halides is 1. The Morgan fingerprint density at radius 2 is 2.11 bits per heavy atom. The van der Waals surface area contributed by atoms with Crippen molar-refractivity contribution in [2.75, 3.05) is 37.6 Å². The molecule has 1 heterocycles. The van der Waals surface area contributed by atoms with E-state index in [-0.39, 0.29) is 0 Å². The van der Waals surface area contributed by atoms with Crippen LogP contribution in [0.15, 0.2) is 6.07 Å². The highest BCUT2D eigenvalue weighted by Gasteiger charge is 2.02. The fourth-order valence-electron chi connectivity index (χ4n) is 1.43. The van der Waals surface area contributed by atoms with E-state index in [0.29, 0.717) is 37.5 Å². The summed E-state index contributed by atoms with van der Waals surface area (Å²) in [5.74, 6) is 1.76. The van der Waals surface area contributed by atoms with Gasteiger partial charge >= 0.3 is 0 Å². The Labute approximate surface area is 119 Å². The molecule has 1 rings (SSSR count). The van der Waals surface area contributed by atoms with Crippen molar-refractivity contribution in [3.63, 3.8) is 0 Å². The predicted octanol–water partition coefficient (Wildman–Crippen LogP) is 2.63. The zero-order chi connectivity index (χ0) is 13.9. The van der Waals surface area contributed by atoms with Crippen LogP contribution in [0.3, 0.4) is 0 Å². The molecule has 1 aromatic rings. The lowest BCUT2D eigenvalue weighted by Crippen LogP contribution is -2.10. The second kappa shape index (κ2) is 9.81. The molecule has 0 saturated carbocycles. The maximum atomic E-state index is 5.51. The molecule has 0 radical (unpaired) electrons. The third kappa shape index (κ3) is 7.18. The minimum absolute atomic E-state index is 0.534. The van der Waals surface area contributed by atoms with Gasteiger partial charge in [-0.15, -0.1) is 11.6 Å². The lowest BCUT2D eigenvalue weighted by Gasteiger charge is -2.09. The van der Waals surface area contributed by atoms with E-state index in [1.165, 1.54) is 0 Å². The van der Waals surface area contributed by atoms with E-state index in [1.807, 2.05) is 13.0 Å². The van der Waals surface area contributed by atoms with Crippen LogP contribution in [-0.4, -0.2) is 42.2 Å². The van der Waals surface area contributed by atoms with Gasteiger partial charge in [-0.25, -0.2) is 4.98 Å². The van der Waals surface area contributed by atoms with Crippen molar-refractivity contribution in [1.29, 1.82) is 0 Å². The van der Waals surface area contributed by atoms with Crippen LogP contribution in [-0.2, 0) is 4.74 Å². The number of ether oxygens (including phenoxy) is 2. The summed E-state index contributed by atoms with van der Waals surface area (Å²) in [6.45, 7) is 6.70. The maximum absolute atomic E-state index is 5.51. The summed E-state index contributed by atoms with van der Waals surface area (Å²) in [6.07, 6.45) is 1.85. The number of hydrogen-bond acceptors (Lipinski definition) is 5. The van der Waals surface area contributed by atoms with Crippen molar-refractivity contribution >= 4 is 17.5 Å². The van der Waals surface area contributed by atoms with E-state index >= 15 is 0 Å². The summed E-state index contributed by atoms with van der Waals surface area (Å²) >= 11 is 5.51. The molecule has 0 unspecified atom stereocenters. The molecular formula is C13H22ClN3O2. The number of hydrogen-bond donors (Lipinski definition) is 1.